The van der Waals surface area contributed by atoms with Crippen LogP contribution in [0.25, 0.3) is 0 Å². The molecule has 0 N–H and O–H groups in total. The molecule has 0 aromatic carbocycles. The van der Waals surface area contributed by atoms with Gasteiger partial charge in [-0.1, -0.05) is 51.2 Å². The van der Waals surface area contributed by atoms with Crippen molar-refractivity contribution in [1.29, 1.82) is 0 Å². The normalized spacial score (nSPS) is 12.6. The number of rotatable bonds is 7. The van der Waals surface area contributed by atoms with Crippen molar-refractivity contribution in [3.8, 4) is 0 Å². The van der Waals surface area contributed by atoms with E-state index in [1.807, 2.05) is 0 Å². The van der Waals surface area contributed by atoms with Crippen LogP contribution in [0, 0.1) is 5.92 Å². The van der Waals surface area contributed by atoms with E-state index in [0.29, 0.717) is 0 Å². The minimum atomic E-state index is 0.919. The second-order valence-corrected chi connectivity index (χ2v) is 4.46. The van der Waals surface area contributed by atoms with Gasteiger partial charge in [0.25, 0.3) is 0 Å². The molecule has 0 amide bonds. The Morgan fingerprint density at radius 1 is 1.15 bits per heavy atom. The SMILES string of the molecule is CCCCCC(C)CCC=C(C)C. The molecule has 0 saturated carbocycles. The Morgan fingerprint density at radius 2 is 1.85 bits per heavy atom. The summed E-state index contributed by atoms with van der Waals surface area (Å²) >= 11 is 0. The summed E-state index contributed by atoms with van der Waals surface area (Å²) in [5.74, 6) is 0.919. The number of hydrogen-bond acceptors (Lipinski definition) is 0. The van der Waals surface area contributed by atoms with Gasteiger partial charge in [0.1, 0.15) is 0 Å². The summed E-state index contributed by atoms with van der Waals surface area (Å²) in [4.78, 5) is 0. The molecule has 0 heterocycles. The van der Waals surface area contributed by atoms with Crippen molar-refractivity contribution in [2.24, 2.45) is 5.92 Å². The van der Waals surface area contributed by atoms with Gasteiger partial charge in [-0.05, 0) is 32.6 Å². The summed E-state index contributed by atoms with van der Waals surface area (Å²) in [6, 6.07) is 0. The molecule has 0 saturated heterocycles. The van der Waals surface area contributed by atoms with Crippen molar-refractivity contribution >= 4 is 0 Å². The van der Waals surface area contributed by atoms with E-state index in [9.17, 15) is 0 Å². The molecule has 13 heavy (non-hydrogen) atoms. The third kappa shape index (κ3) is 9.66. The Labute approximate surface area is 84.4 Å². The number of hydrogen-bond donors (Lipinski definition) is 0. The molecular weight excluding hydrogens is 156 g/mol. The van der Waals surface area contributed by atoms with E-state index in [4.69, 9.17) is 0 Å². The fourth-order valence-corrected chi connectivity index (χ4v) is 1.54. The Kier molecular flexibility index (Phi) is 8.18. The van der Waals surface area contributed by atoms with Crippen LogP contribution in [0.2, 0.25) is 0 Å². The first-order chi connectivity index (χ1) is 6.16. The Balaban J connectivity index is 3.30. The molecule has 1 unspecified atom stereocenters. The number of unbranched alkanes of at least 4 members (excludes halogenated alkanes) is 2. The molecule has 0 aromatic rings. The van der Waals surface area contributed by atoms with Crippen molar-refractivity contribution in [3.05, 3.63) is 11.6 Å². The molecule has 0 nitrogen and oxygen atoms in total. The highest BCUT2D eigenvalue weighted by Crippen LogP contribution is 2.15. The molecule has 0 aliphatic carbocycles. The molecule has 0 aliphatic heterocycles. The van der Waals surface area contributed by atoms with Crippen LogP contribution in [-0.2, 0) is 0 Å². The summed E-state index contributed by atoms with van der Waals surface area (Å²) in [5, 5.41) is 0. The van der Waals surface area contributed by atoms with Crippen LogP contribution in [0.3, 0.4) is 0 Å². The molecule has 0 radical (unpaired) electrons. The fourth-order valence-electron chi connectivity index (χ4n) is 1.54. The lowest BCUT2D eigenvalue weighted by molar-refractivity contribution is 0.467. The minimum absolute atomic E-state index is 0.919. The molecule has 0 aromatic heterocycles. The van der Waals surface area contributed by atoms with Gasteiger partial charge in [0, 0.05) is 0 Å². The van der Waals surface area contributed by atoms with Crippen molar-refractivity contribution in [2.75, 3.05) is 0 Å². The van der Waals surface area contributed by atoms with E-state index >= 15 is 0 Å². The second kappa shape index (κ2) is 8.34. The lowest BCUT2D eigenvalue weighted by Gasteiger charge is -2.08. The highest BCUT2D eigenvalue weighted by Gasteiger charge is 1.99. The zero-order valence-corrected chi connectivity index (χ0v) is 9.90. The van der Waals surface area contributed by atoms with Gasteiger partial charge in [0.2, 0.25) is 0 Å². The first kappa shape index (κ1) is 12.7. The van der Waals surface area contributed by atoms with Gasteiger partial charge in [0.15, 0.2) is 0 Å². The van der Waals surface area contributed by atoms with Crippen molar-refractivity contribution < 1.29 is 0 Å². The van der Waals surface area contributed by atoms with E-state index in [2.05, 4.69) is 33.8 Å². The Morgan fingerprint density at radius 3 is 2.38 bits per heavy atom. The molecule has 0 bridgehead atoms. The molecular formula is C13H26. The minimum Gasteiger partial charge on any atom is -0.0859 e. The predicted molar refractivity (Wildman–Crippen MR) is 62.0 cm³/mol. The van der Waals surface area contributed by atoms with Crippen molar-refractivity contribution in [1.82, 2.24) is 0 Å². The van der Waals surface area contributed by atoms with E-state index in [1.54, 1.807) is 0 Å². The van der Waals surface area contributed by atoms with Gasteiger partial charge in [-0.3, -0.25) is 0 Å². The van der Waals surface area contributed by atoms with Gasteiger partial charge in [0.05, 0.1) is 0 Å². The lowest BCUT2D eigenvalue weighted by Crippen LogP contribution is -1.93. The first-order valence-corrected chi connectivity index (χ1v) is 5.80. The maximum Gasteiger partial charge on any atom is -0.0346 e. The van der Waals surface area contributed by atoms with E-state index < -0.39 is 0 Å². The summed E-state index contributed by atoms with van der Waals surface area (Å²) in [6.07, 6.45) is 10.6. The van der Waals surface area contributed by atoms with Crippen LogP contribution < -0.4 is 0 Å². The molecule has 1 atom stereocenters. The average Bonchev–Trinajstić information content (AvgIpc) is 2.04. The molecule has 0 spiro atoms. The monoisotopic (exact) mass is 182 g/mol. The largest absolute Gasteiger partial charge is 0.0859 e. The van der Waals surface area contributed by atoms with Crippen LogP contribution >= 0.6 is 0 Å². The standard InChI is InChI=1S/C13H26/c1-5-6-7-10-13(4)11-8-9-12(2)3/h9,13H,5-8,10-11H2,1-4H3. The third-order valence-corrected chi connectivity index (χ3v) is 2.51. The van der Waals surface area contributed by atoms with Gasteiger partial charge in [-0.2, -0.15) is 0 Å². The summed E-state index contributed by atoms with van der Waals surface area (Å²) in [5.41, 5.74) is 1.46. The van der Waals surface area contributed by atoms with Crippen LogP contribution in [-0.4, -0.2) is 0 Å². The predicted octanol–water partition coefficient (Wildman–Crippen LogP) is 4.95. The summed E-state index contributed by atoms with van der Waals surface area (Å²) < 4.78 is 0. The zero-order chi connectivity index (χ0) is 10.1. The van der Waals surface area contributed by atoms with E-state index in [1.165, 1.54) is 44.1 Å². The maximum absolute atomic E-state index is 2.38. The third-order valence-electron chi connectivity index (χ3n) is 2.51. The Bertz CT molecular complexity index is 129. The quantitative estimate of drug-likeness (QED) is 0.386. The van der Waals surface area contributed by atoms with Crippen LogP contribution in [0.4, 0.5) is 0 Å². The number of allylic oxidation sites excluding steroid dienone is 2. The smallest absolute Gasteiger partial charge is 0.0346 e. The zero-order valence-electron chi connectivity index (χ0n) is 9.90. The van der Waals surface area contributed by atoms with Crippen LogP contribution in [0.5, 0.6) is 0 Å². The molecule has 0 heteroatoms. The second-order valence-electron chi connectivity index (χ2n) is 4.46. The summed E-state index contributed by atoms with van der Waals surface area (Å²) in [6.45, 7) is 9.02. The average molecular weight is 182 g/mol. The van der Waals surface area contributed by atoms with Crippen LogP contribution in [0.15, 0.2) is 11.6 Å². The van der Waals surface area contributed by atoms with Crippen molar-refractivity contribution in [3.63, 3.8) is 0 Å². The Hall–Kier alpha value is -0.260. The van der Waals surface area contributed by atoms with Gasteiger partial charge in [-0.15, -0.1) is 0 Å². The molecule has 78 valence electrons. The molecule has 0 aliphatic rings. The van der Waals surface area contributed by atoms with Crippen LogP contribution in [0.1, 0.15) is 66.2 Å². The van der Waals surface area contributed by atoms with E-state index in [-0.39, 0.29) is 0 Å². The first-order valence-electron chi connectivity index (χ1n) is 5.80. The highest BCUT2D eigenvalue weighted by atomic mass is 14.1. The fraction of sp³-hybridized carbons (Fsp3) is 0.846. The van der Waals surface area contributed by atoms with E-state index in [0.717, 1.165) is 5.92 Å². The maximum atomic E-state index is 2.38. The lowest BCUT2D eigenvalue weighted by atomic mass is 9.98. The molecule has 0 rings (SSSR count). The van der Waals surface area contributed by atoms with Gasteiger partial charge < -0.3 is 0 Å². The van der Waals surface area contributed by atoms with Gasteiger partial charge >= 0.3 is 0 Å². The summed E-state index contributed by atoms with van der Waals surface area (Å²) in [7, 11) is 0. The van der Waals surface area contributed by atoms with Gasteiger partial charge in [-0.25, -0.2) is 0 Å². The molecule has 0 fully saturated rings. The van der Waals surface area contributed by atoms with Crippen molar-refractivity contribution in [2.45, 2.75) is 66.2 Å². The topological polar surface area (TPSA) is 0 Å². The highest BCUT2D eigenvalue weighted by molar-refractivity contribution is 4.92.